The summed E-state index contributed by atoms with van der Waals surface area (Å²) in [5.41, 5.74) is -0.566. The molecule has 0 bridgehead atoms. The first-order chi connectivity index (χ1) is 11.6. The second kappa shape index (κ2) is 5.53. The van der Waals surface area contributed by atoms with Crippen LogP contribution in [-0.4, -0.2) is 12.3 Å². The van der Waals surface area contributed by atoms with Gasteiger partial charge < -0.3 is 14.2 Å². The Balaban J connectivity index is 1.93. The third kappa shape index (κ3) is 2.81. The number of carbonyl (C=O) groups excluding carboxylic acids is 1. The molecule has 0 aromatic heterocycles. The molecule has 25 heavy (non-hydrogen) atoms. The van der Waals surface area contributed by atoms with Crippen LogP contribution in [-0.2, 0) is 0 Å². The molecule has 0 unspecified atom stereocenters. The maximum Gasteiger partial charge on any atom is 0.586 e. The summed E-state index contributed by atoms with van der Waals surface area (Å²) >= 11 is 0. The van der Waals surface area contributed by atoms with Gasteiger partial charge in [-0.05, 0) is 18.2 Å². The molecule has 11 heteroatoms. The van der Waals surface area contributed by atoms with Crippen molar-refractivity contribution in [1.82, 2.24) is 0 Å². The highest BCUT2D eigenvalue weighted by Gasteiger charge is 2.43. The summed E-state index contributed by atoms with van der Waals surface area (Å²) in [4.78, 5) is 11.8. The molecule has 4 nitrogen and oxygen atoms in total. The van der Waals surface area contributed by atoms with E-state index in [1.165, 1.54) is 0 Å². The van der Waals surface area contributed by atoms with Gasteiger partial charge in [-0.2, -0.15) is 8.78 Å². The Kier molecular flexibility index (Phi) is 3.73. The zero-order chi connectivity index (χ0) is 18.5. The third-order valence-corrected chi connectivity index (χ3v) is 3.00. The van der Waals surface area contributed by atoms with Gasteiger partial charge in [0, 0.05) is 0 Å². The van der Waals surface area contributed by atoms with Gasteiger partial charge >= 0.3 is 12.3 Å². The van der Waals surface area contributed by atoms with Crippen LogP contribution in [0.2, 0.25) is 0 Å². The van der Waals surface area contributed by atoms with E-state index >= 15 is 0 Å². The molecule has 0 atom stereocenters. The van der Waals surface area contributed by atoms with Crippen molar-refractivity contribution < 1.29 is 49.7 Å². The van der Waals surface area contributed by atoms with Crippen LogP contribution >= 0.6 is 0 Å². The Labute approximate surface area is 133 Å². The van der Waals surface area contributed by atoms with Gasteiger partial charge in [0.2, 0.25) is 34.8 Å². The number of ether oxygens (including phenoxy) is 3. The lowest BCUT2D eigenvalue weighted by atomic mass is 10.2. The Morgan fingerprint density at radius 1 is 0.840 bits per heavy atom. The van der Waals surface area contributed by atoms with Gasteiger partial charge in [-0.3, -0.25) is 0 Å². The minimum absolute atomic E-state index is 0.433. The first-order valence-corrected chi connectivity index (χ1v) is 6.24. The fourth-order valence-electron chi connectivity index (χ4n) is 1.90. The van der Waals surface area contributed by atoms with E-state index in [0.717, 1.165) is 12.1 Å². The minimum atomic E-state index is -3.98. The summed E-state index contributed by atoms with van der Waals surface area (Å²) in [6, 6.07) is 2.41. The van der Waals surface area contributed by atoms with E-state index in [-0.39, 0.29) is 0 Å². The van der Waals surface area contributed by atoms with Crippen LogP contribution in [0.25, 0.3) is 0 Å². The lowest BCUT2D eigenvalue weighted by Gasteiger charge is -2.09. The van der Waals surface area contributed by atoms with Crippen LogP contribution < -0.4 is 14.2 Å². The molecular weight excluding hydrogens is 365 g/mol. The number of hydrogen-bond donors (Lipinski definition) is 0. The van der Waals surface area contributed by atoms with Gasteiger partial charge in [0.25, 0.3) is 0 Å². The molecular formula is C14H3F7O4. The average Bonchev–Trinajstić information content (AvgIpc) is 2.87. The number of fused-ring (bicyclic) bond motifs is 1. The summed E-state index contributed by atoms with van der Waals surface area (Å²) in [5, 5.41) is 0. The second-order valence-electron chi connectivity index (χ2n) is 4.62. The van der Waals surface area contributed by atoms with Gasteiger partial charge in [-0.25, -0.2) is 18.0 Å². The highest BCUT2D eigenvalue weighted by molar-refractivity contribution is 5.92. The van der Waals surface area contributed by atoms with Crippen molar-refractivity contribution in [3.05, 3.63) is 52.8 Å². The Hall–Kier alpha value is -2.98. The molecule has 1 aliphatic rings. The lowest BCUT2D eigenvalue weighted by molar-refractivity contribution is -0.286. The average molecular weight is 368 g/mol. The van der Waals surface area contributed by atoms with Crippen molar-refractivity contribution >= 4 is 5.97 Å². The van der Waals surface area contributed by atoms with Gasteiger partial charge in [0.05, 0.1) is 5.56 Å². The number of carbonyl (C=O) groups is 1. The summed E-state index contributed by atoms with van der Waals surface area (Å²) in [5.74, 6) is -16.2. The largest absolute Gasteiger partial charge is 0.586 e. The van der Waals surface area contributed by atoms with E-state index in [0.29, 0.717) is 6.07 Å². The van der Waals surface area contributed by atoms with Crippen molar-refractivity contribution in [3.63, 3.8) is 0 Å². The molecule has 0 spiro atoms. The number of hydrogen-bond acceptors (Lipinski definition) is 4. The fourth-order valence-corrected chi connectivity index (χ4v) is 1.90. The number of rotatable bonds is 2. The van der Waals surface area contributed by atoms with E-state index in [1.54, 1.807) is 0 Å². The molecule has 132 valence electrons. The van der Waals surface area contributed by atoms with Crippen molar-refractivity contribution in [2.24, 2.45) is 0 Å². The normalized spacial score (nSPS) is 14.5. The second-order valence-corrected chi connectivity index (χ2v) is 4.62. The van der Waals surface area contributed by atoms with E-state index < -0.39 is 64.2 Å². The monoisotopic (exact) mass is 368 g/mol. The molecule has 3 rings (SSSR count). The van der Waals surface area contributed by atoms with Gasteiger partial charge in [0.1, 0.15) is 0 Å². The highest BCUT2D eigenvalue weighted by Crippen LogP contribution is 2.41. The topological polar surface area (TPSA) is 44.8 Å². The third-order valence-electron chi connectivity index (χ3n) is 3.00. The van der Waals surface area contributed by atoms with Crippen molar-refractivity contribution in [2.75, 3.05) is 0 Å². The molecule has 2 aromatic rings. The van der Waals surface area contributed by atoms with Crippen LogP contribution in [0.15, 0.2) is 18.2 Å². The van der Waals surface area contributed by atoms with Crippen LogP contribution in [0, 0.1) is 29.1 Å². The minimum Gasteiger partial charge on any atom is -0.416 e. The Morgan fingerprint density at radius 3 is 1.96 bits per heavy atom. The van der Waals surface area contributed by atoms with Crippen molar-refractivity contribution in [2.45, 2.75) is 6.29 Å². The molecule has 0 N–H and O–H groups in total. The smallest absolute Gasteiger partial charge is 0.416 e. The first-order valence-electron chi connectivity index (χ1n) is 6.24. The summed E-state index contributed by atoms with van der Waals surface area (Å²) in [6.07, 6.45) is -3.98. The molecule has 1 aliphatic heterocycles. The first kappa shape index (κ1) is 16.9. The molecule has 2 aromatic carbocycles. The number of esters is 1. The van der Waals surface area contributed by atoms with Crippen LogP contribution in [0.4, 0.5) is 30.7 Å². The van der Waals surface area contributed by atoms with E-state index in [9.17, 15) is 35.5 Å². The molecule has 0 saturated heterocycles. The maximum absolute atomic E-state index is 13.5. The van der Waals surface area contributed by atoms with Crippen LogP contribution in [0.1, 0.15) is 10.4 Å². The number of alkyl halides is 2. The summed E-state index contributed by atoms with van der Waals surface area (Å²) in [7, 11) is 0. The van der Waals surface area contributed by atoms with E-state index in [1.807, 2.05) is 0 Å². The molecule has 0 amide bonds. The Morgan fingerprint density at radius 2 is 1.36 bits per heavy atom. The number of benzene rings is 2. The van der Waals surface area contributed by atoms with Gasteiger partial charge in [-0.1, -0.05) is 0 Å². The van der Waals surface area contributed by atoms with Gasteiger partial charge in [-0.15, -0.1) is 8.78 Å². The zero-order valence-electron chi connectivity index (χ0n) is 11.5. The molecule has 0 fully saturated rings. The summed E-state index contributed by atoms with van der Waals surface area (Å²) < 4.78 is 104. The maximum atomic E-state index is 13.5. The summed E-state index contributed by atoms with van der Waals surface area (Å²) in [6.45, 7) is 0. The fraction of sp³-hybridized carbons (Fsp3) is 0.0714. The lowest BCUT2D eigenvalue weighted by Crippen LogP contribution is -2.25. The highest BCUT2D eigenvalue weighted by atomic mass is 19.3. The van der Waals surface area contributed by atoms with Crippen molar-refractivity contribution in [3.8, 4) is 17.2 Å². The van der Waals surface area contributed by atoms with Crippen LogP contribution in [0.5, 0.6) is 17.2 Å². The van der Waals surface area contributed by atoms with E-state index in [4.69, 9.17) is 0 Å². The van der Waals surface area contributed by atoms with Crippen molar-refractivity contribution in [1.29, 1.82) is 0 Å². The SMILES string of the molecule is O=C(Oc1c(F)c(F)c(F)c(F)c1F)c1ccc2c(c1)OC(F)(F)O2. The molecule has 1 heterocycles. The van der Waals surface area contributed by atoms with E-state index in [2.05, 4.69) is 14.2 Å². The number of halogens is 7. The van der Waals surface area contributed by atoms with Gasteiger partial charge in [0.15, 0.2) is 11.5 Å². The molecule has 0 aliphatic carbocycles. The van der Waals surface area contributed by atoms with Crippen LogP contribution in [0.3, 0.4) is 0 Å². The molecule has 0 radical (unpaired) electrons. The zero-order valence-corrected chi connectivity index (χ0v) is 11.5. The standard InChI is InChI=1S/C14H3F7O4/c15-7-8(16)10(18)12(11(19)9(7)17)23-13(22)4-1-2-5-6(3-4)25-14(20,21)24-5/h1-3H. The molecule has 0 saturated carbocycles. The Bertz CT molecular complexity index is 868. The quantitative estimate of drug-likeness (QED) is 0.265. The predicted octanol–water partition coefficient (Wildman–Crippen LogP) is 3.92. The predicted molar refractivity (Wildman–Crippen MR) is 63.8 cm³/mol.